The molecule has 0 aliphatic heterocycles. The molecule has 4 N–H and O–H groups in total. The molecule has 0 aliphatic rings. The normalized spacial score (nSPS) is 11.8. The van der Waals surface area contributed by atoms with Crippen LogP contribution >= 0.6 is 0 Å². The molecule has 1 atom stereocenters. The predicted octanol–water partition coefficient (Wildman–Crippen LogP) is 1.25. The highest BCUT2D eigenvalue weighted by Gasteiger charge is 2.29. The lowest BCUT2D eigenvalue weighted by Crippen LogP contribution is -2.51. The van der Waals surface area contributed by atoms with Crippen molar-refractivity contribution in [3.63, 3.8) is 0 Å². The van der Waals surface area contributed by atoms with Crippen molar-refractivity contribution in [2.24, 2.45) is 0 Å². The molecule has 1 heterocycles. The first-order valence-corrected chi connectivity index (χ1v) is 8.13. The first-order valence-electron chi connectivity index (χ1n) is 8.13. The molecule has 138 valence electrons. The third-order valence-electron chi connectivity index (χ3n) is 4.01. The average Bonchev–Trinajstić information content (AvgIpc) is 3.06. The third-order valence-corrected chi connectivity index (χ3v) is 4.01. The van der Waals surface area contributed by atoms with Crippen LogP contribution in [0.25, 0.3) is 11.0 Å². The van der Waals surface area contributed by atoms with Gasteiger partial charge >= 0.3 is 18.9 Å². The van der Waals surface area contributed by atoms with Crippen LogP contribution in [0.5, 0.6) is 0 Å². The fourth-order valence-corrected chi connectivity index (χ4v) is 2.63. The molecule has 0 saturated heterocycles. The fourth-order valence-electron chi connectivity index (χ4n) is 2.63. The van der Waals surface area contributed by atoms with E-state index >= 15 is 0 Å². The summed E-state index contributed by atoms with van der Waals surface area (Å²) in [6, 6.07) is 12.5. The number of carbonyl (C=O) groups is 2. The summed E-state index contributed by atoms with van der Waals surface area (Å²) in [5.74, 6) is -4.10. The second-order valence-electron chi connectivity index (χ2n) is 5.89. The molecule has 0 fully saturated rings. The van der Waals surface area contributed by atoms with Crippen LogP contribution in [0.15, 0.2) is 59.2 Å². The molecule has 0 saturated carbocycles. The third kappa shape index (κ3) is 4.33. The Morgan fingerprint density at radius 2 is 1.78 bits per heavy atom. The SMILES string of the molecule is O=C(Nc1ccccc1F)C(=O)N[C@@H](Cc1coc2ccccc12)B(O)O. The number of benzene rings is 2. The maximum Gasteiger partial charge on any atom is 0.475 e. The number of hydrogen-bond donors (Lipinski definition) is 4. The molecule has 0 unspecified atom stereocenters. The highest BCUT2D eigenvalue weighted by molar-refractivity contribution is 6.46. The van der Waals surface area contributed by atoms with Crippen LogP contribution < -0.4 is 10.6 Å². The largest absolute Gasteiger partial charge is 0.475 e. The molecule has 0 spiro atoms. The first-order chi connectivity index (χ1) is 13.0. The first kappa shape index (κ1) is 18.6. The van der Waals surface area contributed by atoms with Crippen molar-refractivity contribution in [2.75, 3.05) is 5.32 Å². The Hall–Kier alpha value is -3.17. The van der Waals surface area contributed by atoms with Gasteiger partial charge in [-0.2, -0.15) is 0 Å². The van der Waals surface area contributed by atoms with E-state index in [9.17, 15) is 24.0 Å². The lowest BCUT2D eigenvalue weighted by Gasteiger charge is -2.17. The smallest absolute Gasteiger partial charge is 0.464 e. The standard InChI is InChI=1S/C18H16BFN2O5/c20-13-6-2-3-7-14(13)21-17(23)18(24)22-16(19(25)26)9-11-10-27-15-8-4-1-5-12(11)15/h1-8,10,16,25-26H,9H2,(H,21,23)(H,22,24)/t16-/m0/s1. The van der Waals surface area contributed by atoms with Crippen LogP contribution in [0.4, 0.5) is 10.1 Å². The summed E-state index contributed by atoms with van der Waals surface area (Å²) in [5, 5.41) is 24.3. The van der Waals surface area contributed by atoms with Gasteiger partial charge in [-0.15, -0.1) is 0 Å². The summed E-state index contributed by atoms with van der Waals surface area (Å²) < 4.78 is 18.9. The molecule has 1 aromatic heterocycles. The molecule has 3 rings (SSSR count). The van der Waals surface area contributed by atoms with Gasteiger partial charge in [0.05, 0.1) is 17.9 Å². The van der Waals surface area contributed by atoms with Crippen LogP contribution in [0.2, 0.25) is 0 Å². The van der Waals surface area contributed by atoms with Crippen molar-refractivity contribution in [1.82, 2.24) is 5.32 Å². The zero-order valence-electron chi connectivity index (χ0n) is 14.1. The number of anilines is 1. The Bertz CT molecular complexity index is 975. The molecule has 7 nitrogen and oxygen atoms in total. The second kappa shape index (κ2) is 8.02. The van der Waals surface area contributed by atoms with E-state index in [4.69, 9.17) is 4.42 Å². The van der Waals surface area contributed by atoms with Crippen molar-refractivity contribution < 1.29 is 28.4 Å². The van der Waals surface area contributed by atoms with Crippen molar-refractivity contribution in [1.29, 1.82) is 0 Å². The number of rotatable bonds is 5. The summed E-state index contributed by atoms with van der Waals surface area (Å²) in [5.41, 5.74) is 1.10. The van der Waals surface area contributed by atoms with Gasteiger partial charge in [-0.3, -0.25) is 9.59 Å². The highest BCUT2D eigenvalue weighted by Crippen LogP contribution is 2.22. The Morgan fingerprint density at radius 3 is 2.52 bits per heavy atom. The van der Waals surface area contributed by atoms with Gasteiger partial charge in [-0.1, -0.05) is 30.3 Å². The Labute approximate surface area is 153 Å². The van der Waals surface area contributed by atoms with E-state index in [1.807, 2.05) is 0 Å². The van der Waals surface area contributed by atoms with E-state index in [0.29, 0.717) is 11.1 Å². The minimum atomic E-state index is -1.91. The Kier molecular flexibility index (Phi) is 5.53. The van der Waals surface area contributed by atoms with Crippen LogP contribution in [-0.4, -0.2) is 34.9 Å². The summed E-state index contributed by atoms with van der Waals surface area (Å²) in [7, 11) is -1.91. The van der Waals surface area contributed by atoms with Gasteiger partial charge in [-0.25, -0.2) is 4.39 Å². The van der Waals surface area contributed by atoms with E-state index in [1.165, 1.54) is 24.5 Å². The molecular weight excluding hydrogens is 354 g/mol. The van der Waals surface area contributed by atoms with Crippen molar-refractivity contribution >= 4 is 35.6 Å². The monoisotopic (exact) mass is 370 g/mol. The van der Waals surface area contributed by atoms with E-state index in [2.05, 4.69) is 10.6 Å². The number of halogens is 1. The summed E-state index contributed by atoms with van der Waals surface area (Å²) in [6.45, 7) is 0. The fraction of sp³-hybridized carbons (Fsp3) is 0.111. The molecule has 2 aromatic carbocycles. The lowest BCUT2D eigenvalue weighted by molar-refractivity contribution is -0.136. The minimum absolute atomic E-state index is 0.0212. The van der Waals surface area contributed by atoms with Gasteiger partial charge in [0, 0.05) is 5.39 Å². The van der Waals surface area contributed by atoms with Gasteiger partial charge in [0.1, 0.15) is 11.4 Å². The number of nitrogens with one attached hydrogen (secondary N) is 2. The maximum absolute atomic E-state index is 13.6. The van der Waals surface area contributed by atoms with Gasteiger partial charge in [-0.05, 0) is 30.2 Å². The van der Waals surface area contributed by atoms with Gasteiger partial charge in [0.2, 0.25) is 0 Å². The average molecular weight is 370 g/mol. The quantitative estimate of drug-likeness (QED) is 0.399. The molecular formula is C18H16BFN2O5. The Balaban J connectivity index is 1.69. The molecule has 2 amide bonds. The van der Waals surface area contributed by atoms with Crippen molar-refractivity contribution in [3.05, 3.63) is 66.2 Å². The second-order valence-corrected chi connectivity index (χ2v) is 5.89. The van der Waals surface area contributed by atoms with E-state index in [-0.39, 0.29) is 12.1 Å². The molecule has 0 radical (unpaired) electrons. The number of fused-ring (bicyclic) bond motifs is 1. The highest BCUT2D eigenvalue weighted by atomic mass is 19.1. The molecule has 9 heteroatoms. The van der Waals surface area contributed by atoms with E-state index < -0.39 is 30.7 Å². The number of amides is 2. The minimum Gasteiger partial charge on any atom is -0.464 e. The van der Waals surface area contributed by atoms with Gasteiger partial charge < -0.3 is 25.1 Å². The number of hydrogen-bond acceptors (Lipinski definition) is 5. The number of para-hydroxylation sites is 2. The van der Waals surface area contributed by atoms with Crippen molar-refractivity contribution in [2.45, 2.75) is 12.4 Å². The van der Waals surface area contributed by atoms with Crippen LogP contribution in [0.3, 0.4) is 0 Å². The molecule has 27 heavy (non-hydrogen) atoms. The van der Waals surface area contributed by atoms with Gasteiger partial charge in [0.25, 0.3) is 0 Å². The van der Waals surface area contributed by atoms with Crippen molar-refractivity contribution in [3.8, 4) is 0 Å². The van der Waals surface area contributed by atoms with Crippen LogP contribution in [0, 0.1) is 5.82 Å². The zero-order valence-corrected chi connectivity index (χ0v) is 14.1. The Morgan fingerprint density at radius 1 is 1.07 bits per heavy atom. The zero-order chi connectivity index (χ0) is 19.4. The molecule has 0 bridgehead atoms. The van der Waals surface area contributed by atoms with Gasteiger partial charge in [0.15, 0.2) is 0 Å². The van der Waals surface area contributed by atoms with Crippen LogP contribution in [-0.2, 0) is 16.0 Å². The van der Waals surface area contributed by atoms with E-state index in [0.717, 1.165) is 11.5 Å². The summed E-state index contributed by atoms with van der Waals surface area (Å²) in [4.78, 5) is 24.0. The maximum atomic E-state index is 13.6. The topological polar surface area (TPSA) is 112 Å². The number of carbonyl (C=O) groups excluding carboxylic acids is 2. The predicted molar refractivity (Wildman–Crippen MR) is 97.1 cm³/mol. The van der Waals surface area contributed by atoms with Crippen LogP contribution in [0.1, 0.15) is 5.56 Å². The summed E-state index contributed by atoms with van der Waals surface area (Å²) in [6.07, 6.45) is 1.47. The number of furan rings is 1. The molecule has 0 aliphatic carbocycles. The summed E-state index contributed by atoms with van der Waals surface area (Å²) >= 11 is 0. The lowest BCUT2D eigenvalue weighted by atomic mass is 9.76. The van der Waals surface area contributed by atoms with E-state index in [1.54, 1.807) is 24.3 Å². The molecule has 3 aromatic rings.